The standard InChI is InChI=1S/C10H16N2/c1-3-4-9(11)10-7-8(2)5-6-12-10/h5-7,9H,3-4,11H2,1-2H3. The van der Waals surface area contributed by atoms with Crippen LogP contribution in [0.2, 0.25) is 0 Å². The molecule has 0 aliphatic carbocycles. The number of hydrogen-bond donors (Lipinski definition) is 1. The van der Waals surface area contributed by atoms with E-state index in [1.165, 1.54) is 5.56 Å². The average molecular weight is 164 g/mol. The summed E-state index contributed by atoms with van der Waals surface area (Å²) >= 11 is 0. The first kappa shape index (κ1) is 9.20. The second kappa shape index (κ2) is 4.21. The summed E-state index contributed by atoms with van der Waals surface area (Å²) in [5.41, 5.74) is 8.15. The van der Waals surface area contributed by atoms with Gasteiger partial charge in [-0.15, -0.1) is 0 Å². The van der Waals surface area contributed by atoms with E-state index in [2.05, 4.69) is 24.9 Å². The zero-order chi connectivity index (χ0) is 8.97. The smallest absolute Gasteiger partial charge is 0.0573 e. The lowest BCUT2D eigenvalue weighted by Crippen LogP contribution is -2.11. The van der Waals surface area contributed by atoms with Gasteiger partial charge >= 0.3 is 0 Å². The fourth-order valence-corrected chi connectivity index (χ4v) is 1.22. The topological polar surface area (TPSA) is 38.9 Å². The third-order valence-electron chi connectivity index (χ3n) is 1.92. The summed E-state index contributed by atoms with van der Waals surface area (Å²) in [6.45, 7) is 4.19. The van der Waals surface area contributed by atoms with Crippen LogP contribution < -0.4 is 5.73 Å². The highest BCUT2D eigenvalue weighted by atomic mass is 14.8. The summed E-state index contributed by atoms with van der Waals surface area (Å²) in [6.07, 6.45) is 3.94. The summed E-state index contributed by atoms with van der Waals surface area (Å²) in [4.78, 5) is 4.23. The Morgan fingerprint density at radius 2 is 2.33 bits per heavy atom. The summed E-state index contributed by atoms with van der Waals surface area (Å²) in [7, 11) is 0. The van der Waals surface area contributed by atoms with Crippen molar-refractivity contribution >= 4 is 0 Å². The quantitative estimate of drug-likeness (QED) is 0.743. The molecule has 0 aromatic carbocycles. The van der Waals surface area contributed by atoms with Gasteiger partial charge in [0.2, 0.25) is 0 Å². The Hall–Kier alpha value is -0.890. The molecule has 0 spiro atoms. The highest BCUT2D eigenvalue weighted by Gasteiger charge is 2.04. The van der Waals surface area contributed by atoms with Crippen molar-refractivity contribution in [3.05, 3.63) is 29.6 Å². The van der Waals surface area contributed by atoms with E-state index in [1.807, 2.05) is 12.3 Å². The lowest BCUT2D eigenvalue weighted by atomic mass is 10.1. The molecule has 1 aromatic rings. The van der Waals surface area contributed by atoms with E-state index in [0.29, 0.717) is 0 Å². The molecular weight excluding hydrogens is 148 g/mol. The van der Waals surface area contributed by atoms with Crippen LogP contribution in [0.5, 0.6) is 0 Å². The van der Waals surface area contributed by atoms with Gasteiger partial charge in [-0.25, -0.2) is 0 Å². The molecule has 0 fully saturated rings. The fourth-order valence-electron chi connectivity index (χ4n) is 1.22. The Kier molecular flexibility index (Phi) is 3.23. The second-order valence-corrected chi connectivity index (χ2v) is 3.15. The van der Waals surface area contributed by atoms with Crippen LogP contribution >= 0.6 is 0 Å². The SMILES string of the molecule is CCCC(N)c1cc(C)ccn1. The Labute approximate surface area is 73.8 Å². The van der Waals surface area contributed by atoms with Crippen molar-refractivity contribution < 1.29 is 0 Å². The van der Waals surface area contributed by atoms with Crippen molar-refractivity contribution in [1.29, 1.82) is 0 Å². The van der Waals surface area contributed by atoms with Crippen LogP contribution in [-0.4, -0.2) is 4.98 Å². The van der Waals surface area contributed by atoms with E-state index in [9.17, 15) is 0 Å². The largest absolute Gasteiger partial charge is 0.323 e. The number of aryl methyl sites for hydroxylation is 1. The molecule has 0 amide bonds. The van der Waals surface area contributed by atoms with E-state index in [4.69, 9.17) is 5.73 Å². The maximum atomic E-state index is 5.91. The molecule has 66 valence electrons. The van der Waals surface area contributed by atoms with Crippen molar-refractivity contribution in [1.82, 2.24) is 4.98 Å². The number of nitrogens with two attached hydrogens (primary N) is 1. The van der Waals surface area contributed by atoms with E-state index in [-0.39, 0.29) is 6.04 Å². The summed E-state index contributed by atoms with van der Waals surface area (Å²) in [6, 6.07) is 4.15. The van der Waals surface area contributed by atoms with Gasteiger partial charge in [0.1, 0.15) is 0 Å². The highest BCUT2D eigenvalue weighted by Crippen LogP contribution is 2.13. The molecule has 1 aromatic heterocycles. The first-order valence-electron chi connectivity index (χ1n) is 4.42. The van der Waals surface area contributed by atoms with Crippen molar-refractivity contribution in [2.45, 2.75) is 32.7 Å². The van der Waals surface area contributed by atoms with Crippen LogP contribution in [0.15, 0.2) is 18.3 Å². The van der Waals surface area contributed by atoms with Crippen molar-refractivity contribution in [2.75, 3.05) is 0 Å². The number of hydrogen-bond acceptors (Lipinski definition) is 2. The van der Waals surface area contributed by atoms with Gasteiger partial charge in [-0.1, -0.05) is 13.3 Å². The Bertz CT molecular complexity index is 245. The molecule has 0 aliphatic rings. The second-order valence-electron chi connectivity index (χ2n) is 3.15. The molecule has 0 radical (unpaired) electrons. The normalized spacial score (nSPS) is 12.9. The van der Waals surface area contributed by atoms with Crippen LogP contribution in [0.25, 0.3) is 0 Å². The number of pyridine rings is 1. The number of aromatic nitrogens is 1. The molecule has 1 heterocycles. The lowest BCUT2D eigenvalue weighted by Gasteiger charge is -2.09. The van der Waals surface area contributed by atoms with Crippen LogP contribution in [0.1, 0.15) is 37.1 Å². The lowest BCUT2D eigenvalue weighted by molar-refractivity contribution is 0.621. The first-order valence-corrected chi connectivity index (χ1v) is 4.42. The van der Waals surface area contributed by atoms with Crippen LogP contribution in [0.4, 0.5) is 0 Å². The predicted octanol–water partition coefficient (Wildman–Crippen LogP) is 2.19. The number of nitrogens with zero attached hydrogens (tertiary/aromatic N) is 1. The maximum absolute atomic E-state index is 5.91. The summed E-state index contributed by atoms with van der Waals surface area (Å²) < 4.78 is 0. The molecule has 0 saturated heterocycles. The maximum Gasteiger partial charge on any atom is 0.0573 e. The number of rotatable bonds is 3. The molecule has 0 saturated carbocycles. The zero-order valence-corrected chi connectivity index (χ0v) is 7.75. The molecule has 2 N–H and O–H groups in total. The van der Waals surface area contributed by atoms with Gasteiger partial charge in [0.05, 0.1) is 5.69 Å². The third-order valence-corrected chi connectivity index (χ3v) is 1.92. The van der Waals surface area contributed by atoms with Crippen molar-refractivity contribution in [3.8, 4) is 0 Å². The summed E-state index contributed by atoms with van der Waals surface area (Å²) in [5.74, 6) is 0. The van der Waals surface area contributed by atoms with Crippen molar-refractivity contribution in [2.24, 2.45) is 5.73 Å². The van der Waals surface area contributed by atoms with E-state index >= 15 is 0 Å². The Balaban J connectivity index is 2.73. The van der Waals surface area contributed by atoms with Gasteiger partial charge in [-0.2, -0.15) is 0 Å². The average Bonchev–Trinajstić information content (AvgIpc) is 2.05. The van der Waals surface area contributed by atoms with Crippen LogP contribution in [0, 0.1) is 6.92 Å². The molecule has 0 aliphatic heterocycles. The van der Waals surface area contributed by atoms with E-state index < -0.39 is 0 Å². The van der Waals surface area contributed by atoms with Crippen LogP contribution in [-0.2, 0) is 0 Å². The van der Waals surface area contributed by atoms with Gasteiger partial charge in [0, 0.05) is 12.2 Å². The Morgan fingerprint density at radius 1 is 1.58 bits per heavy atom. The molecule has 2 heteroatoms. The molecule has 1 unspecified atom stereocenters. The van der Waals surface area contributed by atoms with Gasteiger partial charge < -0.3 is 5.73 Å². The predicted molar refractivity (Wildman–Crippen MR) is 50.8 cm³/mol. The minimum atomic E-state index is 0.106. The highest BCUT2D eigenvalue weighted by molar-refractivity contribution is 5.16. The van der Waals surface area contributed by atoms with Gasteiger partial charge in [0.25, 0.3) is 0 Å². The Morgan fingerprint density at radius 3 is 2.92 bits per heavy atom. The molecule has 1 rings (SSSR count). The van der Waals surface area contributed by atoms with E-state index in [0.717, 1.165) is 18.5 Å². The molecule has 0 bridgehead atoms. The zero-order valence-electron chi connectivity index (χ0n) is 7.75. The van der Waals surface area contributed by atoms with Gasteiger partial charge in [-0.05, 0) is 31.0 Å². The fraction of sp³-hybridized carbons (Fsp3) is 0.500. The van der Waals surface area contributed by atoms with Crippen LogP contribution in [0.3, 0.4) is 0 Å². The third kappa shape index (κ3) is 2.31. The van der Waals surface area contributed by atoms with Gasteiger partial charge in [0.15, 0.2) is 0 Å². The summed E-state index contributed by atoms with van der Waals surface area (Å²) in [5, 5.41) is 0. The monoisotopic (exact) mass is 164 g/mol. The first-order chi connectivity index (χ1) is 5.74. The molecule has 12 heavy (non-hydrogen) atoms. The molecular formula is C10H16N2. The van der Waals surface area contributed by atoms with Gasteiger partial charge in [-0.3, -0.25) is 4.98 Å². The van der Waals surface area contributed by atoms with Crippen molar-refractivity contribution in [3.63, 3.8) is 0 Å². The minimum Gasteiger partial charge on any atom is -0.323 e. The molecule has 2 nitrogen and oxygen atoms in total. The van der Waals surface area contributed by atoms with E-state index in [1.54, 1.807) is 0 Å². The molecule has 1 atom stereocenters. The minimum absolute atomic E-state index is 0.106.